The second kappa shape index (κ2) is 9.81. The highest BCUT2D eigenvalue weighted by Gasteiger charge is 2.26. The summed E-state index contributed by atoms with van der Waals surface area (Å²) in [5.74, 6) is 2.26. The lowest BCUT2D eigenvalue weighted by molar-refractivity contribution is 0.398. The number of pyridine rings is 2. The third-order valence-electron chi connectivity index (χ3n) is 7.44. The first-order valence-corrected chi connectivity index (χ1v) is 13.6. The van der Waals surface area contributed by atoms with Crippen molar-refractivity contribution in [3.63, 3.8) is 0 Å². The quantitative estimate of drug-likeness (QED) is 0.266. The average molecular weight is 545 g/mol. The van der Waals surface area contributed by atoms with Gasteiger partial charge in [-0.3, -0.25) is 9.36 Å². The molecule has 0 N–H and O–H groups in total. The molecule has 1 aliphatic carbocycles. The lowest BCUT2D eigenvalue weighted by Gasteiger charge is -2.14. The molecule has 204 valence electrons. The van der Waals surface area contributed by atoms with Crippen LogP contribution in [0.4, 0.5) is 0 Å². The van der Waals surface area contributed by atoms with Gasteiger partial charge >= 0.3 is 0 Å². The molecule has 1 aliphatic rings. The Balaban J connectivity index is 1.38. The lowest BCUT2D eigenvalue weighted by atomic mass is 10.0. The van der Waals surface area contributed by atoms with Gasteiger partial charge in [-0.2, -0.15) is 0 Å². The van der Waals surface area contributed by atoms with Crippen LogP contribution in [0.5, 0.6) is 5.88 Å². The standard InChI is InChI=1S/C31H28N8O2/c1-19(2)38-12-11-32-30(38)24-5-4-6-28(36-24)39-18-35-25-13-22(21-9-10-29(41-3)33-15-21)27(14-23(25)31(39)40)37-16-26(34-17-37)20-7-8-20/h4-6,9-20H,7-8H2,1-3H3. The first kappa shape index (κ1) is 24.9. The molecule has 0 saturated heterocycles. The number of rotatable bonds is 7. The van der Waals surface area contributed by atoms with E-state index < -0.39 is 0 Å². The number of hydrogen-bond donors (Lipinski definition) is 0. The van der Waals surface area contributed by atoms with Crippen molar-refractivity contribution in [3.05, 3.63) is 96.0 Å². The van der Waals surface area contributed by atoms with Gasteiger partial charge in [-0.05, 0) is 57.0 Å². The summed E-state index contributed by atoms with van der Waals surface area (Å²) in [6.45, 7) is 4.18. The molecule has 0 bridgehead atoms. The molecule has 0 aliphatic heterocycles. The van der Waals surface area contributed by atoms with E-state index in [1.807, 2.05) is 53.5 Å². The Labute approximate surface area is 236 Å². The van der Waals surface area contributed by atoms with Crippen molar-refractivity contribution in [1.82, 2.24) is 38.6 Å². The van der Waals surface area contributed by atoms with Crippen LogP contribution in [0, 0.1) is 0 Å². The van der Waals surface area contributed by atoms with Crippen LogP contribution in [0.1, 0.15) is 44.3 Å². The van der Waals surface area contributed by atoms with Gasteiger partial charge in [0.1, 0.15) is 17.8 Å². The number of benzene rings is 1. The summed E-state index contributed by atoms with van der Waals surface area (Å²) in [7, 11) is 1.59. The molecule has 10 nitrogen and oxygen atoms in total. The maximum atomic E-state index is 13.9. The third-order valence-corrected chi connectivity index (χ3v) is 7.44. The SMILES string of the molecule is COc1ccc(-c2cc3ncn(-c4cccc(-c5nccn5C(C)C)n4)c(=O)c3cc2-n2cnc(C3CC3)c2)cn1. The molecular weight excluding hydrogens is 516 g/mol. The van der Waals surface area contributed by atoms with Crippen LogP contribution in [-0.2, 0) is 0 Å². The van der Waals surface area contributed by atoms with Gasteiger partial charge in [0.25, 0.3) is 5.56 Å². The van der Waals surface area contributed by atoms with Crippen molar-refractivity contribution in [2.75, 3.05) is 7.11 Å². The van der Waals surface area contributed by atoms with Gasteiger partial charge in [0.2, 0.25) is 5.88 Å². The first-order valence-electron chi connectivity index (χ1n) is 13.6. The third kappa shape index (κ3) is 4.47. The highest BCUT2D eigenvalue weighted by molar-refractivity contribution is 5.89. The highest BCUT2D eigenvalue weighted by atomic mass is 16.5. The average Bonchev–Trinajstić information content (AvgIpc) is 3.51. The predicted molar refractivity (Wildman–Crippen MR) is 156 cm³/mol. The highest BCUT2D eigenvalue weighted by Crippen LogP contribution is 2.40. The number of hydrogen-bond acceptors (Lipinski definition) is 7. The summed E-state index contributed by atoms with van der Waals surface area (Å²) in [5, 5.41) is 0.477. The van der Waals surface area contributed by atoms with E-state index in [9.17, 15) is 4.79 Å². The Bertz CT molecular complexity index is 1950. The fraction of sp³-hybridized carbons (Fsp3) is 0.226. The van der Waals surface area contributed by atoms with Gasteiger partial charge in [-0.25, -0.2) is 24.9 Å². The summed E-state index contributed by atoms with van der Waals surface area (Å²) in [6.07, 6.45) is 13.2. The van der Waals surface area contributed by atoms with Crippen molar-refractivity contribution < 1.29 is 4.74 Å². The van der Waals surface area contributed by atoms with Gasteiger partial charge in [-0.15, -0.1) is 0 Å². The molecule has 0 atom stereocenters. The van der Waals surface area contributed by atoms with E-state index in [0.29, 0.717) is 34.2 Å². The van der Waals surface area contributed by atoms with Gasteiger partial charge in [0.15, 0.2) is 5.82 Å². The van der Waals surface area contributed by atoms with Gasteiger partial charge in [-0.1, -0.05) is 6.07 Å². The van der Waals surface area contributed by atoms with E-state index in [-0.39, 0.29) is 11.6 Å². The molecule has 7 rings (SSSR count). The molecule has 41 heavy (non-hydrogen) atoms. The molecule has 1 saturated carbocycles. The summed E-state index contributed by atoms with van der Waals surface area (Å²) in [6, 6.07) is 13.4. The molecule has 0 unspecified atom stereocenters. The molecule has 0 amide bonds. The van der Waals surface area contributed by atoms with Crippen molar-refractivity contribution in [2.24, 2.45) is 0 Å². The molecule has 10 heteroatoms. The predicted octanol–water partition coefficient (Wildman–Crippen LogP) is 5.36. The Morgan fingerprint density at radius 1 is 1.00 bits per heavy atom. The first-order chi connectivity index (χ1) is 20.0. The van der Waals surface area contributed by atoms with Gasteiger partial charge < -0.3 is 13.9 Å². The van der Waals surface area contributed by atoms with E-state index in [0.717, 1.165) is 41.2 Å². The minimum atomic E-state index is -0.213. The van der Waals surface area contributed by atoms with E-state index in [1.165, 1.54) is 10.9 Å². The van der Waals surface area contributed by atoms with Crippen LogP contribution in [-0.4, -0.2) is 45.7 Å². The fourth-order valence-corrected chi connectivity index (χ4v) is 5.10. The second-order valence-corrected chi connectivity index (χ2v) is 10.5. The van der Waals surface area contributed by atoms with Crippen molar-refractivity contribution in [1.29, 1.82) is 0 Å². The fourth-order valence-electron chi connectivity index (χ4n) is 5.10. The number of imidazole rings is 2. The van der Waals surface area contributed by atoms with Crippen LogP contribution < -0.4 is 10.3 Å². The van der Waals surface area contributed by atoms with E-state index in [2.05, 4.69) is 44.5 Å². The number of methoxy groups -OCH3 is 1. The topological polar surface area (TPSA) is 106 Å². The van der Waals surface area contributed by atoms with Crippen molar-refractivity contribution in [3.8, 4) is 40.0 Å². The van der Waals surface area contributed by atoms with Crippen LogP contribution in [0.3, 0.4) is 0 Å². The molecule has 1 fully saturated rings. The minimum absolute atomic E-state index is 0.213. The van der Waals surface area contributed by atoms with Crippen LogP contribution in [0.15, 0.2) is 84.7 Å². The Morgan fingerprint density at radius 3 is 2.63 bits per heavy atom. The molecule has 0 radical (unpaired) electrons. The van der Waals surface area contributed by atoms with Gasteiger partial charge in [0, 0.05) is 53.9 Å². The lowest BCUT2D eigenvalue weighted by Crippen LogP contribution is -2.20. The smallest absolute Gasteiger partial charge is 0.267 e. The largest absolute Gasteiger partial charge is 0.481 e. The maximum Gasteiger partial charge on any atom is 0.267 e. The normalized spacial score (nSPS) is 13.3. The monoisotopic (exact) mass is 544 g/mol. The minimum Gasteiger partial charge on any atom is -0.481 e. The van der Waals surface area contributed by atoms with Crippen LogP contribution in [0.25, 0.3) is 45.1 Å². The molecular formula is C31H28N8O2. The number of aromatic nitrogens is 8. The Hall–Kier alpha value is -5.12. The van der Waals surface area contributed by atoms with E-state index in [1.54, 1.807) is 25.6 Å². The molecule has 5 aromatic heterocycles. The Kier molecular flexibility index (Phi) is 5.96. The molecule has 6 aromatic rings. The molecule has 0 spiro atoms. The Morgan fingerprint density at radius 2 is 1.88 bits per heavy atom. The van der Waals surface area contributed by atoms with E-state index >= 15 is 0 Å². The molecule has 1 aromatic carbocycles. The maximum absolute atomic E-state index is 13.9. The summed E-state index contributed by atoms with van der Waals surface area (Å²) >= 11 is 0. The van der Waals surface area contributed by atoms with Crippen molar-refractivity contribution >= 4 is 10.9 Å². The zero-order chi connectivity index (χ0) is 28.1. The number of fused-ring (bicyclic) bond motifs is 1. The van der Waals surface area contributed by atoms with Gasteiger partial charge in [0.05, 0.1) is 35.7 Å². The zero-order valence-corrected chi connectivity index (χ0v) is 23.0. The van der Waals surface area contributed by atoms with Crippen LogP contribution >= 0.6 is 0 Å². The zero-order valence-electron chi connectivity index (χ0n) is 23.0. The number of ether oxygens (including phenoxy) is 1. The van der Waals surface area contributed by atoms with Crippen molar-refractivity contribution in [2.45, 2.75) is 38.6 Å². The summed E-state index contributed by atoms with van der Waals surface area (Å²) < 4.78 is 10.8. The summed E-state index contributed by atoms with van der Waals surface area (Å²) in [4.78, 5) is 37.0. The van der Waals surface area contributed by atoms with Crippen LogP contribution in [0.2, 0.25) is 0 Å². The second-order valence-electron chi connectivity index (χ2n) is 10.5. The van der Waals surface area contributed by atoms with E-state index in [4.69, 9.17) is 9.72 Å². The summed E-state index contributed by atoms with van der Waals surface area (Å²) in [5.41, 5.74) is 4.70. The molecule has 5 heterocycles. The number of nitrogens with zero attached hydrogens (tertiary/aromatic N) is 8.